The summed E-state index contributed by atoms with van der Waals surface area (Å²) in [7, 11) is 0. The first-order valence-electron chi connectivity index (χ1n) is 5.36. The highest BCUT2D eigenvalue weighted by Crippen LogP contribution is 2.26. The van der Waals surface area contributed by atoms with E-state index in [2.05, 4.69) is 5.32 Å². The number of hydrogen-bond donors (Lipinski definition) is 5. The Bertz CT molecular complexity index is 366. The number of hydrogen-bond acceptors (Lipinski definition) is 5. The minimum absolute atomic E-state index is 0.165. The van der Waals surface area contributed by atoms with Gasteiger partial charge in [-0.2, -0.15) is 0 Å². The van der Waals surface area contributed by atoms with Crippen molar-refractivity contribution < 1.29 is 20.4 Å². The summed E-state index contributed by atoms with van der Waals surface area (Å²) in [5, 5.41) is 41.0. The third-order valence-corrected chi connectivity index (χ3v) is 2.15. The van der Waals surface area contributed by atoms with Gasteiger partial charge in [-0.25, -0.2) is 0 Å². The summed E-state index contributed by atoms with van der Waals surface area (Å²) in [5.74, 6) is -0.330. The first kappa shape index (κ1) is 13.8. The Morgan fingerprint density at radius 1 is 1.00 bits per heavy atom. The average Bonchev–Trinajstić information content (AvgIpc) is 2.12. The summed E-state index contributed by atoms with van der Waals surface area (Å²) in [6, 6.07) is 3.73. The van der Waals surface area contributed by atoms with Crippen molar-refractivity contribution in [2.45, 2.75) is 38.6 Å². The summed E-state index contributed by atoms with van der Waals surface area (Å²) in [6.07, 6.45) is -2.41. The van der Waals surface area contributed by atoms with E-state index in [1.807, 2.05) is 20.8 Å². The van der Waals surface area contributed by atoms with Crippen molar-refractivity contribution >= 4 is 0 Å². The predicted octanol–water partition coefficient (Wildman–Crippen LogP) is 0.838. The zero-order chi connectivity index (χ0) is 13.2. The highest BCUT2D eigenvalue weighted by Gasteiger charge is 2.23. The molecule has 2 unspecified atom stereocenters. The molecule has 1 aromatic carbocycles. The number of benzene rings is 1. The van der Waals surface area contributed by atoms with Crippen LogP contribution in [-0.4, -0.2) is 32.2 Å². The number of phenols is 2. The zero-order valence-electron chi connectivity index (χ0n) is 10.2. The molecular formula is C12H19NO4. The Morgan fingerprint density at radius 3 is 1.88 bits per heavy atom. The van der Waals surface area contributed by atoms with Crippen LogP contribution >= 0.6 is 0 Å². The van der Waals surface area contributed by atoms with Crippen molar-refractivity contribution in [1.82, 2.24) is 5.32 Å². The van der Waals surface area contributed by atoms with Gasteiger partial charge in [0.15, 0.2) is 0 Å². The van der Waals surface area contributed by atoms with Gasteiger partial charge in [0.1, 0.15) is 23.8 Å². The quantitative estimate of drug-likeness (QED) is 0.506. The molecule has 5 nitrogen and oxygen atoms in total. The zero-order valence-corrected chi connectivity index (χ0v) is 10.2. The lowest BCUT2D eigenvalue weighted by Crippen LogP contribution is -2.46. The van der Waals surface area contributed by atoms with E-state index in [1.54, 1.807) is 0 Å². The summed E-state index contributed by atoms with van der Waals surface area (Å²) in [4.78, 5) is 0. The van der Waals surface area contributed by atoms with Gasteiger partial charge in [0.2, 0.25) is 0 Å². The maximum atomic E-state index is 9.87. The molecule has 0 spiro atoms. The van der Waals surface area contributed by atoms with Crippen molar-refractivity contribution in [1.29, 1.82) is 0 Å². The van der Waals surface area contributed by atoms with Gasteiger partial charge in [-0.05, 0) is 38.5 Å². The van der Waals surface area contributed by atoms with Gasteiger partial charge in [0.25, 0.3) is 0 Å². The lowest BCUT2D eigenvalue weighted by molar-refractivity contribution is -0.0177. The van der Waals surface area contributed by atoms with E-state index in [9.17, 15) is 20.4 Å². The smallest absolute Gasteiger partial charge is 0.135 e. The second-order valence-electron chi connectivity index (χ2n) is 5.07. The van der Waals surface area contributed by atoms with Crippen molar-refractivity contribution in [3.05, 3.63) is 23.8 Å². The van der Waals surface area contributed by atoms with Crippen LogP contribution < -0.4 is 5.32 Å². The third kappa shape index (κ3) is 4.22. The van der Waals surface area contributed by atoms with E-state index >= 15 is 0 Å². The lowest BCUT2D eigenvalue weighted by atomic mass is 10.0. The fraction of sp³-hybridized carbons (Fsp3) is 0.500. The number of aliphatic hydroxyl groups is 2. The molecule has 0 bridgehead atoms. The molecule has 0 amide bonds. The monoisotopic (exact) mass is 241 g/mol. The average molecular weight is 241 g/mol. The minimum Gasteiger partial charge on any atom is -0.508 e. The van der Waals surface area contributed by atoms with Gasteiger partial charge in [-0.3, -0.25) is 5.32 Å². The van der Waals surface area contributed by atoms with Gasteiger partial charge >= 0.3 is 0 Å². The van der Waals surface area contributed by atoms with Gasteiger partial charge in [0.05, 0.1) is 0 Å². The summed E-state index contributed by atoms with van der Waals surface area (Å²) < 4.78 is 0. The molecule has 0 saturated carbocycles. The van der Waals surface area contributed by atoms with Crippen LogP contribution in [0, 0.1) is 0 Å². The first-order chi connectivity index (χ1) is 7.69. The minimum atomic E-state index is -1.23. The van der Waals surface area contributed by atoms with Crippen molar-refractivity contribution in [3.8, 4) is 11.5 Å². The van der Waals surface area contributed by atoms with E-state index in [-0.39, 0.29) is 22.6 Å². The van der Waals surface area contributed by atoms with E-state index in [1.165, 1.54) is 12.1 Å². The van der Waals surface area contributed by atoms with Crippen LogP contribution in [-0.2, 0) is 0 Å². The number of rotatable bonds is 3. The molecule has 5 heteroatoms. The van der Waals surface area contributed by atoms with Crippen molar-refractivity contribution in [2.75, 3.05) is 0 Å². The highest BCUT2D eigenvalue weighted by atomic mass is 16.3. The molecule has 0 saturated heterocycles. The molecule has 0 aliphatic heterocycles. The number of nitrogens with one attached hydrogen (secondary N) is 1. The molecule has 96 valence electrons. The molecule has 1 rings (SSSR count). The SMILES string of the molecule is CC(C)(C)NC(O)C(O)c1cc(O)cc(O)c1. The number of phenolic OH excluding ortho intramolecular Hbond substituents is 2. The Labute approximate surface area is 100 Å². The van der Waals surface area contributed by atoms with Crippen LogP contribution in [0.2, 0.25) is 0 Å². The molecule has 5 N–H and O–H groups in total. The summed E-state index contributed by atoms with van der Waals surface area (Å²) in [5.41, 5.74) is -0.119. The standard InChI is InChI=1S/C12H19NO4/c1-12(2,3)13-11(17)10(16)7-4-8(14)6-9(15)5-7/h4-6,10-11,13-17H,1-3H3. The van der Waals surface area contributed by atoms with Gasteiger partial charge in [0, 0.05) is 11.6 Å². The van der Waals surface area contributed by atoms with Crippen LogP contribution in [0.25, 0.3) is 0 Å². The molecule has 0 aliphatic rings. The summed E-state index contributed by atoms with van der Waals surface area (Å²) in [6.45, 7) is 5.55. The highest BCUT2D eigenvalue weighted by molar-refractivity contribution is 5.37. The Kier molecular flexibility index (Phi) is 3.98. The van der Waals surface area contributed by atoms with E-state index in [4.69, 9.17) is 0 Å². The van der Waals surface area contributed by atoms with Crippen LogP contribution in [0.1, 0.15) is 32.4 Å². The predicted molar refractivity (Wildman–Crippen MR) is 63.6 cm³/mol. The first-order valence-corrected chi connectivity index (χ1v) is 5.36. The molecule has 0 aliphatic carbocycles. The molecule has 0 radical (unpaired) electrons. The fourth-order valence-electron chi connectivity index (χ4n) is 1.49. The molecule has 0 heterocycles. The van der Waals surface area contributed by atoms with Crippen LogP contribution in [0.5, 0.6) is 11.5 Å². The molecular weight excluding hydrogens is 222 g/mol. The number of aromatic hydroxyl groups is 2. The van der Waals surface area contributed by atoms with Crippen molar-refractivity contribution in [2.24, 2.45) is 0 Å². The molecule has 2 atom stereocenters. The molecule has 0 aromatic heterocycles. The normalized spacial score (nSPS) is 15.6. The molecule has 0 fully saturated rings. The molecule has 17 heavy (non-hydrogen) atoms. The van der Waals surface area contributed by atoms with E-state index in [0.717, 1.165) is 6.07 Å². The largest absolute Gasteiger partial charge is 0.508 e. The fourth-order valence-corrected chi connectivity index (χ4v) is 1.49. The van der Waals surface area contributed by atoms with E-state index in [0.29, 0.717) is 0 Å². The Hall–Kier alpha value is -1.30. The Balaban J connectivity index is 2.84. The van der Waals surface area contributed by atoms with Crippen LogP contribution in [0.15, 0.2) is 18.2 Å². The van der Waals surface area contributed by atoms with Crippen LogP contribution in [0.4, 0.5) is 0 Å². The summed E-state index contributed by atoms with van der Waals surface area (Å²) >= 11 is 0. The second kappa shape index (κ2) is 4.91. The topological polar surface area (TPSA) is 93.0 Å². The van der Waals surface area contributed by atoms with Crippen LogP contribution in [0.3, 0.4) is 0 Å². The van der Waals surface area contributed by atoms with Gasteiger partial charge in [-0.15, -0.1) is 0 Å². The lowest BCUT2D eigenvalue weighted by Gasteiger charge is -2.28. The van der Waals surface area contributed by atoms with Gasteiger partial charge in [-0.1, -0.05) is 0 Å². The molecule has 1 aromatic rings. The maximum Gasteiger partial charge on any atom is 0.135 e. The number of aliphatic hydroxyl groups excluding tert-OH is 2. The van der Waals surface area contributed by atoms with E-state index < -0.39 is 12.3 Å². The van der Waals surface area contributed by atoms with Crippen molar-refractivity contribution in [3.63, 3.8) is 0 Å². The third-order valence-electron chi connectivity index (χ3n) is 2.15. The van der Waals surface area contributed by atoms with Gasteiger partial charge < -0.3 is 20.4 Å². The Morgan fingerprint density at radius 2 is 1.47 bits per heavy atom. The maximum absolute atomic E-state index is 9.87. The second-order valence-corrected chi connectivity index (χ2v) is 5.07.